The summed E-state index contributed by atoms with van der Waals surface area (Å²) in [5.74, 6) is 0.912. The highest BCUT2D eigenvalue weighted by Crippen LogP contribution is 2.17. The number of nitrogens with zero attached hydrogens (tertiary/aromatic N) is 1. The van der Waals surface area contributed by atoms with Gasteiger partial charge in [0.1, 0.15) is 0 Å². The second-order valence-electron chi connectivity index (χ2n) is 3.88. The first-order chi connectivity index (χ1) is 6.46. The van der Waals surface area contributed by atoms with Crippen molar-refractivity contribution in [1.29, 1.82) is 4.78 Å². The van der Waals surface area contributed by atoms with Crippen LogP contribution in [0.3, 0.4) is 0 Å². The van der Waals surface area contributed by atoms with Crippen LogP contribution in [0.4, 0.5) is 0 Å². The maximum Gasteiger partial charge on any atom is 0.222 e. The van der Waals surface area contributed by atoms with Crippen LogP contribution in [0, 0.1) is 4.78 Å². The molecule has 2 unspecified atom stereocenters. The van der Waals surface area contributed by atoms with Gasteiger partial charge in [0.2, 0.25) is 5.91 Å². The molecule has 14 heavy (non-hydrogen) atoms. The molecule has 0 aliphatic carbocycles. The van der Waals surface area contributed by atoms with Crippen molar-refractivity contribution >= 4 is 15.6 Å². The highest BCUT2D eigenvalue weighted by molar-refractivity contribution is 7.92. The molecule has 2 atom stereocenters. The lowest BCUT2D eigenvalue weighted by Crippen LogP contribution is -2.37. The van der Waals surface area contributed by atoms with Crippen LogP contribution in [0.15, 0.2) is 0 Å². The zero-order valence-corrected chi connectivity index (χ0v) is 9.60. The van der Waals surface area contributed by atoms with Crippen molar-refractivity contribution < 1.29 is 9.00 Å². The Morgan fingerprint density at radius 3 is 2.71 bits per heavy atom. The smallest absolute Gasteiger partial charge is 0.222 e. The van der Waals surface area contributed by atoms with E-state index in [-0.39, 0.29) is 11.9 Å². The number of carbonyl (C=O) groups is 1. The number of amides is 1. The molecular formula is C9H18N2O2S. The Hall–Kier alpha value is -0.580. The zero-order chi connectivity index (χ0) is 10.8. The molecule has 0 aromatic carbocycles. The van der Waals surface area contributed by atoms with Crippen molar-refractivity contribution in [2.45, 2.75) is 32.2 Å². The van der Waals surface area contributed by atoms with Gasteiger partial charge in [0.05, 0.1) is 5.75 Å². The summed E-state index contributed by atoms with van der Waals surface area (Å²) in [6, 6.07) is 0.0269. The van der Waals surface area contributed by atoms with Crippen LogP contribution in [0.5, 0.6) is 0 Å². The number of hydrogen-bond acceptors (Lipinski definition) is 3. The fraction of sp³-hybridized carbons (Fsp3) is 0.889. The summed E-state index contributed by atoms with van der Waals surface area (Å²) >= 11 is 0. The number of carbonyl (C=O) groups excluding carboxylic acids is 1. The van der Waals surface area contributed by atoms with Crippen molar-refractivity contribution in [2.75, 3.05) is 18.6 Å². The Balaban J connectivity index is 2.55. The standard InChI is InChI=1S/C9H18N2O2S/c1-3-4-9(12)11(2)8-5-6-14(10,13)7-8/h8,10H,3-7H2,1-2H3. The SMILES string of the molecule is CCCC(=O)N(C)C1CCS(=N)(=O)C1. The van der Waals surface area contributed by atoms with Gasteiger partial charge in [-0.1, -0.05) is 6.92 Å². The Labute approximate surface area is 85.6 Å². The van der Waals surface area contributed by atoms with E-state index in [0.717, 1.165) is 6.42 Å². The maximum absolute atomic E-state index is 11.5. The molecular weight excluding hydrogens is 200 g/mol. The van der Waals surface area contributed by atoms with Crippen LogP contribution >= 0.6 is 0 Å². The first kappa shape index (κ1) is 11.5. The Morgan fingerprint density at radius 1 is 1.64 bits per heavy atom. The number of hydrogen-bond donors (Lipinski definition) is 1. The van der Waals surface area contributed by atoms with E-state index in [9.17, 15) is 9.00 Å². The summed E-state index contributed by atoms with van der Waals surface area (Å²) in [7, 11) is -0.629. The van der Waals surface area contributed by atoms with Crippen LogP contribution < -0.4 is 0 Å². The van der Waals surface area contributed by atoms with Crippen LogP contribution in [0.25, 0.3) is 0 Å². The third-order valence-electron chi connectivity index (χ3n) is 2.65. The topological polar surface area (TPSA) is 61.2 Å². The van der Waals surface area contributed by atoms with Crippen molar-refractivity contribution in [3.05, 3.63) is 0 Å². The summed E-state index contributed by atoms with van der Waals surface area (Å²) in [4.78, 5) is 13.2. The van der Waals surface area contributed by atoms with Crippen molar-refractivity contribution in [3.63, 3.8) is 0 Å². The minimum Gasteiger partial charge on any atom is -0.342 e. The predicted octanol–water partition coefficient (Wildman–Crippen LogP) is 1.06. The Bertz CT molecular complexity index is 311. The van der Waals surface area contributed by atoms with E-state index in [1.54, 1.807) is 11.9 Å². The first-order valence-corrected chi connectivity index (χ1v) is 6.85. The molecule has 5 heteroatoms. The lowest BCUT2D eigenvalue weighted by atomic mass is 10.2. The molecule has 4 nitrogen and oxygen atoms in total. The molecule has 1 heterocycles. The molecule has 1 amide bonds. The molecule has 1 fully saturated rings. The average molecular weight is 218 g/mol. The second-order valence-corrected chi connectivity index (χ2v) is 6.25. The average Bonchev–Trinajstić information content (AvgIpc) is 2.45. The van der Waals surface area contributed by atoms with E-state index in [2.05, 4.69) is 0 Å². The van der Waals surface area contributed by atoms with E-state index >= 15 is 0 Å². The molecule has 1 aliphatic rings. The predicted molar refractivity (Wildman–Crippen MR) is 56.7 cm³/mol. The van der Waals surface area contributed by atoms with Gasteiger partial charge in [0.25, 0.3) is 0 Å². The first-order valence-electron chi connectivity index (χ1n) is 4.96. The van der Waals surface area contributed by atoms with Gasteiger partial charge in [-0.25, -0.2) is 4.21 Å². The molecule has 0 aromatic heterocycles. The van der Waals surface area contributed by atoms with Crippen LogP contribution in [0.1, 0.15) is 26.2 Å². The molecule has 1 rings (SSSR count). The van der Waals surface area contributed by atoms with Crippen LogP contribution in [-0.2, 0) is 14.5 Å². The molecule has 1 saturated heterocycles. The molecule has 0 radical (unpaired) electrons. The molecule has 0 saturated carbocycles. The summed E-state index contributed by atoms with van der Waals surface area (Å²) < 4.78 is 18.9. The van der Waals surface area contributed by atoms with Gasteiger partial charge in [-0.2, -0.15) is 0 Å². The molecule has 1 aliphatic heterocycles. The highest BCUT2D eigenvalue weighted by Gasteiger charge is 2.29. The van der Waals surface area contributed by atoms with E-state index in [0.29, 0.717) is 24.3 Å². The second kappa shape index (κ2) is 4.29. The summed E-state index contributed by atoms with van der Waals surface area (Å²) in [6.07, 6.45) is 2.10. The largest absolute Gasteiger partial charge is 0.342 e. The summed E-state index contributed by atoms with van der Waals surface area (Å²) in [6.45, 7) is 1.97. The van der Waals surface area contributed by atoms with Gasteiger partial charge < -0.3 is 4.90 Å². The van der Waals surface area contributed by atoms with Gasteiger partial charge in [-0.15, -0.1) is 0 Å². The summed E-state index contributed by atoms with van der Waals surface area (Å²) in [5, 5.41) is 0. The number of nitrogens with one attached hydrogen (secondary N) is 1. The van der Waals surface area contributed by atoms with E-state index in [1.807, 2.05) is 6.92 Å². The third kappa shape index (κ3) is 2.70. The van der Waals surface area contributed by atoms with E-state index < -0.39 is 9.73 Å². The van der Waals surface area contributed by atoms with Gasteiger partial charge >= 0.3 is 0 Å². The Morgan fingerprint density at radius 2 is 2.29 bits per heavy atom. The molecule has 0 spiro atoms. The lowest BCUT2D eigenvalue weighted by Gasteiger charge is -2.23. The van der Waals surface area contributed by atoms with Crippen molar-refractivity contribution in [1.82, 2.24) is 4.90 Å². The fourth-order valence-electron chi connectivity index (χ4n) is 1.70. The minimum atomic E-state index is -2.38. The lowest BCUT2D eigenvalue weighted by molar-refractivity contribution is -0.131. The molecule has 0 bridgehead atoms. The minimum absolute atomic E-state index is 0.0269. The molecule has 0 aromatic rings. The van der Waals surface area contributed by atoms with Crippen LogP contribution in [-0.4, -0.2) is 39.6 Å². The third-order valence-corrected chi connectivity index (χ3v) is 4.47. The van der Waals surface area contributed by atoms with Crippen molar-refractivity contribution in [2.24, 2.45) is 0 Å². The van der Waals surface area contributed by atoms with Gasteiger partial charge in [0.15, 0.2) is 0 Å². The highest BCUT2D eigenvalue weighted by atomic mass is 32.2. The van der Waals surface area contributed by atoms with Gasteiger partial charge in [-0.05, 0) is 12.8 Å². The Kier molecular flexibility index (Phi) is 3.53. The van der Waals surface area contributed by atoms with Crippen molar-refractivity contribution in [3.8, 4) is 0 Å². The fourth-order valence-corrected chi connectivity index (χ4v) is 3.53. The quantitative estimate of drug-likeness (QED) is 0.770. The van der Waals surface area contributed by atoms with Gasteiger partial charge in [0, 0.05) is 35.0 Å². The molecule has 82 valence electrons. The number of rotatable bonds is 3. The van der Waals surface area contributed by atoms with Gasteiger partial charge in [-0.3, -0.25) is 9.57 Å². The monoisotopic (exact) mass is 218 g/mol. The molecule has 1 N–H and O–H groups in total. The maximum atomic E-state index is 11.5. The van der Waals surface area contributed by atoms with E-state index in [1.165, 1.54) is 0 Å². The summed E-state index contributed by atoms with van der Waals surface area (Å²) in [5.41, 5.74) is 0. The van der Waals surface area contributed by atoms with Crippen LogP contribution in [0.2, 0.25) is 0 Å². The normalized spacial score (nSPS) is 31.7. The van der Waals surface area contributed by atoms with E-state index in [4.69, 9.17) is 4.78 Å². The zero-order valence-electron chi connectivity index (χ0n) is 8.78.